The highest BCUT2D eigenvalue weighted by atomic mass is 14.8. The molecular formula is C42H22N4. The van der Waals surface area contributed by atoms with Gasteiger partial charge in [0.2, 0.25) is 0 Å². The summed E-state index contributed by atoms with van der Waals surface area (Å²) < 4.78 is 0. The lowest BCUT2D eigenvalue weighted by Gasteiger charge is -2.09. The average Bonchev–Trinajstić information content (AvgIpc) is 3.07. The van der Waals surface area contributed by atoms with Gasteiger partial charge in [-0.2, -0.15) is 0 Å². The first-order valence-corrected chi connectivity index (χ1v) is 15.5. The molecule has 2 aromatic heterocycles. The van der Waals surface area contributed by atoms with Gasteiger partial charge in [-0.05, 0) is 150 Å². The second-order valence-electron chi connectivity index (χ2n) is 12.5. The van der Waals surface area contributed by atoms with Crippen molar-refractivity contribution in [2.24, 2.45) is 0 Å². The molecule has 0 unspecified atom stereocenters. The predicted molar refractivity (Wildman–Crippen MR) is 193 cm³/mol. The van der Waals surface area contributed by atoms with Gasteiger partial charge < -0.3 is 0 Å². The molecule has 0 atom stereocenters. The van der Waals surface area contributed by atoms with Gasteiger partial charge in [0.1, 0.15) is 0 Å². The molecule has 0 aliphatic carbocycles. The SMILES string of the molecule is c1ccc2cc3nc4cc5cc6cc7cc8cc9nc%10cc%11ccccc%11cc%10nc9cc8cc7cc6cc5cc4nc3cc2c1. The molecule has 2 heterocycles. The number of hydrogen-bond acceptors (Lipinski definition) is 4. The molecule has 0 N–H and O–H groups in total. The summed E-state index contributed by atoms with van der Waals surface area (Å²) in [5.74, 6) is 0. The van der Waals surface area contributed by atoms with Gasteiger partial charge in [0.15, 0.2) is 0 Å². The van der Waals surface area contributed by atoms with Crippen molar-refractivity contribution in [3.05, 3.63) is 133 Å². The molecule has 0 saturated carbocycles. The van der Waals surface area contributed by atoms with Crippen LogP contribution in [0.5, 0.6) is 0 Å². The molecule has 0 fully saturated rings. The molecule has 0 aliphatic rings. The monoisotopic (exact) mass is 582 g/mol. The summed E-state index contributed by atoms with van der Waals surface area (Å²) in [6.45, 7) is 0. The molecule has 9 aromatic carbocycles. The zero-order valence-electron chi connectivity index (χ0n) is 24.5. The van der Waals surface area contributed by atoms with E-state index in [1.165, 1.54) is 43.1 Å². The van der Waals surface area contributed by atoms with Gasteiger partial charge in [-0.3, -0.25) is 0 Å². The molecule has 210 valence electrons. The molecule has 0 bridgehead atoms. The van der Waals surface area contributed by atoms with Crippen LogP contribution >= 0.6 is 0 Å². The Bertz CT molecular complexity index is 2730. The van der Waals surface area contributed by atoms with Crippen LogP contribution in [0.3, 0.4) is 0 Å². The second kappa shape index (κ2) is 8.68. The van der Waals surface area contributed by atoms with E-state index in [9.17, 15) is 0 Å². The van der Waals surface area contributed by atoms with Crippen LogP contribution in [0.25, 0.3) is 109 Å². The van der Waals surface area contributed by atoms with Gasteiger partial charge >= 0.3 is 0 Å². The zero-order chi connectivity index (χ0) is 29.9. The first-order chi connectivity index (χ1) is 22.7. The first kappa shape index (κ1) is 24.1. The summed E-state index contributed by atoms with van der Waals surface area (Å²) >= 11 is 0. The lowest BCUT2D eigenvalue weighted by molar-refractivity contribution is 1.41. The lowest BCUT2D eigenvalue weighted by atomic mass is 9.97. The van der Waals surface area contributed by atoms with Gasteiger partial charge in [0, 0.05) is 0 Å². The first-order valence-electron chi connectivity index (χ1n) is 15.5. The number of fused-ring (bicyclic) bond motifs is 10. The Morgan fingerprint density at radius 2 is 0.370 bits per heavy atom. The van der Waals surface area contributed by atoms with Crippen LogP contribution in [0.15, 0.2) is 133 Å². The highest BCUT2D eigenvalue weighted by molar-refractivity contribution is 6.11. The third-order valence-corrected chi connectivity index (χ3v) is 9.54. The van der Waals surface area contributed by atoms with Crippen molar-refractivity contribution in [2.45, 2.75) is 0 Å². The topological polar surface area (TPSA) is 51.6 Å². The maximum Gasteiger partial charge on any atom is 0.0901 e. The van der Waals surface area contributed by atoms with Crippen LogP contribution in [-0.4, -0.2) is 19.9 Å². The average molecular weight is 583 g/mol. The van der Waals surface area contributed by atoms with E-state index in [4.69, 9.17) is 19.9 Å². The Labute approximate surface area is 261 Å². The van der Waals surface area contributed by atoms with E-state index in [0.29, 0.717) is 0 Å². The minimum atomic E-state index is 0.912. The van der Waals surface area contributed by atoms with Crippen molar-refractivity contribution in [3.8, 4) is 0 Å². The molecule has 0 saturated heterocycles. The van der Waals surface area contributed by atoms with Crippen molar-refractivity contribution in [3.63, 3.8) is 0 Å². The quantitative estimate of drug-likeness (QED) is 0.167. The number of hydrogen-bond donors (Lipinski definition) is 0. The fourth-order valence-corrected chi connectivity index (χ4v) is 7.22. The standard InChI is InChI=1S/C42H22N4/c1-2-6-24-16-36-35(15-23(24)5-1)43-39-19-31-11-27-9-29-13-33-21-41-42(46-38-18-26-8-4-3-7-25(26)17-37(38)45-41)22-34(33)14-30(29)10-28(27)12-32(31)20-40(39)44-36/h1-22H. The highest BCUT2D eigenvalue weighted by Crippen LogP contribution is 2.34. The van der Waals surface area contributed by atoms with Crippen molar-refractivity contribution < 1.29 is 0 Å². The summed E-state index contributed by atoms with van der Waals surface area (Å²) in [6, 6.07) is 47.7. The molecule has 11 aromatic rings. The number of benzene rings is 9. The molecule has 0 radical (unpaired) electrons. The van der Waals surface area contributed by atoms with E-state index in [0.717, 1.165) is 65.7 Å². The van der Waals surface area contributed by atoms with Crippen LogP contribution in [0.4, 0.5) is 0 Å². The molecule has 4 heteroatoms. The van der Waals surface area contributed by atoms with E-state index in [2.05, 4.69) is 133 Å². The van der Waals surface area contributed by atoms with Crippen LogP contribution < -0.4 is 0 Å². The Kier molecular flexibility index (Phi) is 4.55. The Balaban J connectivity index is 1.09. The third kappa shape index (κ3) is 3.55. The van der Waals surface area contributed by atoms with Gasteiger partial charge in [0.05, 0.1) is 44.1 Å². The van der Waals surface area contributed by atoms with Crippen LogP contribution in [0.2, 0.25) is 0 Å². The lowest BCUT2D eigenvalue weighted by Crippen LogP contribution is -1.89. The minimum Gasteiger partial charge on any atom is -0.244 e. The van der Waals surface area contributed by atoms with E-state index in [1.54, 1.807) is 0 Å². The highest BCUT2D eigenvalue weighted by Gasteiger charge is 2.10. The van der Waals surface area contributed by atoms with E-state index in [-0.39, 0.29) is 0 Å². The number of aromatic nitrogens is 4. The minimum absolute atomic E-state index is 0.912. The smallest absolute Gasteiger partial charge is 0.0901 e. The van der Waals surface area contributed by atoms with E-state index < -0.39 is 0 Å². The molecule has 0 spiro atoms. The summed E-state index contributed by atoms with van der Waals surface area (Å²) in [5.41, 5.74) is 7.32. The fraction of sp³-hybridized carbons (Fsp3) is 0. The van der Waals surface area contributed by atoms with E-state index >= 15 is 0 Å². The summed E-state index contributed by atoms with van der Waals surface area (Å²) in [4.78, 5) is 20.1. The molecule has 46 heavy (non-hydrogen) atoms. The van der Waals surface area contributed by atoms with Crippen LogP contribution in [0, 0.1) is 0 Å². The molecular weight excluding hydrogens is 560 g/mol. The predicted octanol–water partition coefficient (Wildman–Crippen LogP) is 10.8. The Morgan fingerprint density at radius 1 is 0.196 bits per heavy atom. The van der Waals surface area contributed by atoms with Crippen molar-refractivity contribution >= 4 is 109 Å². The molecule has 4 nitrogen and oxygen atoms in total. The Morgan fingerprint density at radius 3 is 0.587 bits per heavy atom. The summed E-state index contributed by atoms with van der Waals surface area (Å²) in [5, 5.41) is 14.2. The molecule has 11 rings (SSSR count). The molecule has 0 aliphatic heterocycles. The van der Waals surface area contributed by atoms with Crippen LogP contribution in [-0.2, 0) is 0 Å². The summed E-state index contributed by atoms with van der Waals surface area (Å²) in [7, 11) is 0. The normalized spacial score (nSPS) is 12.3. The van der Waals surface area contributed by atoms with Gasteiger partial charge in [-0.1, -0.05) is 48.5 Å². The second-order valence-corrected chi connectivity index (χ2v) is 12.5. The maximum atomic E-state index is 5.03. The van der Waals surface area contributed by atoms with Crippen molar-refractivity contribution in [1.29, 1.82) is 0 Å². The van der Waals surface area contributed by atoms with Gasteiger partial charge in [-0.25, -0.2) is 19.9 Å². The van der Waals surface area contributed by atoms with Crippen molar-refractivity contribution in [1.82, 2.24) is 19.9 Å². The molecule has 0 amide bonds. The number of nitrogens with zero attached hydrogens (tertiary/aromatic N) is 4. The zero-order valence-corrected chi connectivity index (χ0v) is 24.5. The maximum absolute atomic E-state index is 5.03. The Hall–Kier alpha value is -6.26. The van der Waals surface area contributed by atoms with E-state index in [1.807, 2.05) is 0 Å². The summed E-state index contributed by atoms with van der Waals surface area (Å²) in [6.07, 6.45) is 0. The van der Waals surface area contributed by atoms with Crippen molar-refractivity contribution in [2.75, 3.05) is 0 Å². The number of rotatable bonds is 0. The van der Waals surface area contributed by atoms with Gasteiger partial charge in [-0.15, -0.1) is 0 Å². The third-order valence-electron chi connectivity index (χ3n) is 9.54. The van der Waals surface area contributed by atoms with Crippen LogP contribution in [0.1, 0.15) is 0 Å². The fourth-order valence-electron chi connectivity index (χ4n) is 7.22. The largest absolute Gasteiger partial charge is 0.244 e. The van der Waals surface area contributed by atoms with Gasteiger partial charge in [0.25, 0.3) is 0 Å².